The molecule has 2 fully saturated rings. The number of carbonyl (C=O) groups is 3. The van der Waals surface area contributed by atoms with Crippen LogP contribution in [-0.2, 0) is 38.1 Å². The molecule has 2 aliphatic rings. The number of aromatic amines is 1. The minimum absolute atomic E-state index is 0.475. The molecule has 2 saturated heterocycles. The largest absolute Gasteiger partial charge is 0.457 e. The Morgan fingerprint density at radius 3 is 2.22 bits per heavy atom. The van der Waals surface area contributed by atoms with Crippen LogP contribution in [0.2, 0.25) is 0 Å². The van der Waals surface area contributed by atoms with Crippen molar-refractivity contribution in [2.75, 3.05) is 6.61 Å². The van der Waals surface area contributed by atoms with Crippen LogP contribution in [0.3, 0.4) is 0 Å². The van der Waals surface area contributed by atoms with Crippen LogP contribution >= 0.6 is 0 Å². The van der Waals surface area contributed by atoms with Crippen molar-refractivity contribution in [3.63, 3.8) is 0 Å². The van der Waals surface area contributed by atoms with Gasteiger partial charge in [-0.25, -0.2) is 4.79 Å². The highest BCUT2D eigenvalue weighted by Crippen LogP contribution is 2.38. The van der Waals surface area contributed by atoms with Crippen LogP contribution in [0.4, 0.5) is 4.39 Å². The lowest BCUT2D eigenvalue weighted by Gasteiger charge is -2.40. The molecule has 36 heavy (non-hydrogen) atoms. The molecule has 1 aromatic heterocycles. The zero-order valence-electron chi connectivity index (χ0n) is 19.2. The summed E-state index contributed by atoms with van der Waals surface area (Å²) in [6.07, 6.45) is -14.4. The fourth-order valence-corrected chi connectivity index (χ4v) is 4.08. The predicted octanol–water partition coefficient (Wildman–Crippen LogP) is -3.15. The second-order valence-electron chi connectivity index (χ2n) is 8.20. The van der Waals surface area contributed by atoms with Crippen LogP contribution in [0, 0.1) is 5.82 Å². The summed E-state index contributed by atoms with van der Waals surface area (Å²) in [5.41, 5.74) is -2.52. The molecule has 16 heteroatoms. The third kappa shape index (κ3) is 5.62. The van der Waals surface area contributed by atoms with Gasteiger partial charge in [0.05, 0.1) is 12.8 Å². The van der Waals surface area contributed by atoms with Gasteiger partial charge < -0.3 is 39.0 Å². The molecule has 0 radical (unpaired) electrons. The van der Waals surface area contributed by atoms with Crippen LogP contribution in [-0.4, -0.2) is 98.2 Å². The molecular formula is C20H25FN2O13. The second-order valence-corrected chi connectivity index (χ2v) is 8.20. The third-order valence-electron chi connectivity index (χ3n) is 5.52. The SMILES string of the molecule is CC(=O)OC(C1OCC(O)C(O)C1O)C1OC(n2cc(F)c(=O)[nH]c2=O)C(OC(C)=O)C1OC(C)=O. The van der Waals surface area contributed by atoms with Crippen molar-refractivity contribution in [3.8, 4) is 0 Å². The maximum atomic E-state index is 14.0. The van der Waals surface area contributed by atoms with E-state index in [9.17, 15) is 43.7 Å². The number of aliphatic hydroxyl groups is 3. The van der Waals surface area contributed by atoms with E-state index in [1.807, 2.05) is 0 Å². The summed E-state index contributed by atoms with van der Waals surface area (Å²) < 4.78 is 41.4. The lowest BCUT2D eigenvalue weighted by atomic mass is 9.91. The van der Waals surface area contributed by atoms with E-state index in [0.717, 1.165) is 20.8 Å². The van der Waals surface area contributed by atoms with Crippen molar-refractivity contribution in [2.24, 2.45) is 0 Å². The summed E-state index contributed by atoms with van der Waals surface area (Å²) in [6, 6.07) is 0. The standard InChI is InChI=1S/C20H25FN2O13/c1-6(24)33-14(13-12(29)11(28)10(27)5-32-13)15-16(34-7(2)25)17(35-8(3)26)19(36-15)23-4-9(21)18(30)22-20(23)31/h4,10-17,19,27-29H,5H2,1-3H3,(H,22,30,31). The molecule has 0 aromatic carbocycles. The molecule has 0 aliphatic carbocycles. The number of aromatic nitrogens is 2. The minimum atomic E-state index is -1.83. The summed E-state index contributed by atoms with van der Waals surface area (Å²) in [7, 11) is 0. The highest BCUT2D eigenvalue weighted by Gasteiger charge is 2.58. The first-order chi connectivity index (χ1) is 16.8. The topological polar surface area (TPSA) is 213 Å². The molecule has 0 spiro atoms. The zero-order valence-corrected chi connectivity index (χ0v) is 19.2. The fourth-order valence-electron chi connectivity index (χ4n) is 4.08. The van der Waals surface area contributed by atoms with Crippen molar-refractivity contribution in [2.45, 2.75) is 75.8 Å². The molecule has 0 saturated carbocycles. The maximum absolute atomic E-state index is 14.0. The molecule has 1 aromatic rings. The Morgan fingerprint density at radius 1 is 1.03 bits per heavy atom. The Kier molecular flexibility index (Phi) is 8.25. The van der Waals surface area contributed by atoms with Crippen LogP contribution < -0.4 is 11.2 Å². The summed E-state index contributed by atoms with van der Waals surface area (Å²) in [4.78, 5) is 61.3. The van der Waals surface area contributed by atoms with Crippen molar-refractivity contribution >= 4 is 17.9 Å². The maximum Gasteiger partial charge on any atom is 0.330 e. The van der Waals surface area contributed by atoms with Gasteiger partial charge in [-0.05, 0) is 0 Å². The molecule has 9 atom stereocenters. The molecule has 3 heterocycles. The number of halogens is 1. The Hall–Kier alpha value is -3.18. The number of hydrogen-bond donors (Lipinski definition) is 4. The van der Waals surface area contributed by atoms with Gasteiger partial charge in [-0.1, -0.05) is 0 Å². The number of hydrogen-bond acceptors (Lipinski definition) is 13. The van der Waals surface area contributed by atoms with E-state index in [1.54, 1.807) is 4.98 Å². The summed E-state index contributed by atoms with van der Waals surface area (Å²) in [5, 5.41) is 30.4. The summed E-state index contributed by atoms with van der Waals surface area (Å²) >= 11 is 0. The zero-order chi connectivity index (χ0) is 26.9. The normalized spacial score (nSPS) is 33.0. The first-order valence-corrected chi connectivity index (χ1v) is 10.7. The third-order valence-corrected chi connectivity index (χ3v) is 5.52. The average Bonchev–Trinajstić information content (AvgIpc) is 3.09. The van der Waals surface area contributed by atoms with E-state index in [1.165, 1.54) is 0 Å². The smallest absolute Gasteiger partial charge is 0.330 e. The van der Waals surface area contributed by atoms with Crippen molar-refractivity contribution in [1.29, 1.82) is 0 Å². The van der Waals surface area contributed by atoms with Crippen LogP contribution in [0.15, 0.2) is 15.8 Å². The van der Waals surface area contributed by atoms with Crippen LogP contribution in [0.1, 0.15) is 27.0 Å². The fraction of sp³-hybridized carbons (Fsp3) is 0.650. The Balaban J connectivity index is 2.12. The molecular weight excluding hydrogens is 495 g/mol. The number of rotatable bonds is 6. The predicted molar refractivity (Wildman–Crippen MR) is 110 cm³/mol. The number of ether oxygens (including phenoxy) is 5. The Morgan fingerprint density at radius 2 is 1.64 bits per heavy atom. The van der Waals surface area contributed by atoms with Crippen molar-refractivity contribution in [3.05, 3.63) is 32.9 Å². The van der Waals surface area contributed by atoms with E-state index in [4.69, 9.17) is 23.7 Å². The van der Waals surface area contributed by atoms with Gasteiger partial charge >= 0.3 is 23.6 Å². The van der Waals surface area contributed by atoms with Gasteiger partial charge in [0, 0.05) is 20.8 Å². The molecule has 15 nitrogen and oxygen atoms in total. The molecule has 0 amide bonds. The van der Waals surface area contributed by atoms with Gasteiger partial charge in [0.25, 0.3) is 5.56 Å². The molecule has 3 rings (SSSR count). The number of aliphatic hydroxyl groups excluding tert-OH is 3. The molecule has 9 unspecified atom stereocenters. The molecule has 0 bridgehead atoms. The Labute approximate surface area is 201 Å². The van der Waals surface area contributed by atoms with E-state index < -0.39 is 96.6 Å². The van der Waals surface area contributed by atoms with Crippen molar-refractivity contribution in [1.82, 2.24) is 9.55 Å². The molecule has 200 valence electrons. The van der Waals surface area contributed by atoms with Crippen LogP contribution in [0.25, 0.3) is 0 Å². The summed E-state index contributed by atoms with van der Waals surface area (Å²) in [6.45, 7) is 2.48. The number of esters is 3. The van der Waals surface area contributed by atoms with Gasteiger partial charge in [-0.2, -0.15) is 4.39 Å². The van der Waals surface area contributed by atoms with E-state index in [-0.39, 0.29) is 0 Å². The lowest BCUT2D eigenvalue weighted by molar-refractivity contribution is -0.238. The monoisotopic (exact) mass is 520 g/mol. The van der Waals surface area contributed by atoms with Crippen LogP contribution in [0.5, 0.6) is 0 Å². The highest BCUT2D eigenvalue weighted by molar-refractivity contribution is 5.68. The molecule has 2 aliphatic heterocycles. The molecule has 4 N–H and O–H groups in total. The first kappa shape index (κ1) is 27.4. The van der Waals surface area contributed by atoms with Gasteiger partial charge in [-0.3, -0.25) is 28.7 Å². The van der Waals surface area contributed by atoms with Gasteiger partial charge in [0.1, 0.15) is 30.5 Å². The van der Waals surface area contributed by atoms with E-state index in [0.29, 0.717) is 10.8 Å². The highest BCUT2D eigenvalue weighted by atomic mass is 19.1. The van der Waals surface area contributed by atoms with E-state index in [2.05, 4.69) is 0 Å². The lowest BCUT2D eigenvalue weighted by Crippen LogP contribution is -2.61. The first-order valence-electron chi connectivity index (χ1n) is 10.7. The number of nitrogens with one attached hydrogen (secondary N) is 1. The average molecular weight is 520 g/mol. The van der Waals surface area contributed by atoms with Gasteiger partial charge in [0.15, 0.2) is 24.5 Å². The quantitative estimate of drug-likeness (QED) is 0.216. The Bertz CT molecular complexity index is 1120. The summed E-state index contributed by atoms with van der Waals surface area (Å²) in [5.74, 6) is -4.18. The van der Waals surface area contributed by atoms with E-state index >= 15 is 0 Å². The van der Waals surface area contributed by atoms with Crippen molar-refractivity contribution < 1.29 is 57.8 Å². The number of nitrogens with zero attached hydrogens (tertiary/aromatic N) is 1. The van der Waals surface area contributed by atoms with Gasteiger partial charge in [0.2, 0.25) is 5.82 Å². The second kappa shape index (κ2) is 10.8. The number of H-pyrrole nitrogens is 1. The number of carbonyl (C=O) groups excluding carboxylic acids is 3. The van der Waals surface area contributed by atoms with Gasteiger partial charge in [-0.15, -0.1) is 0 Å². The minimum Gasteiger partial charge on any atom is -0.457 e.